The third-order valence-corrected chi connectivity index (χ3v) is 4.85. The number of nitrogens with one attached hydrogen (secondary N) is 2. The second kappa shape index (κ2) is 7.42. The molecule has 4 rings (SSSR count). The zero-order valence-corrected chi connectivity index (χ0v) is 15.6. The highest BCUT2D eigenvalue weighted by Gasteiger charge is 2.46. The highest BCUT2D eigenvalue weighted by atomic mass is 16.6. The number of hydrogen-bond acceptors (Lipinski definition) is 5. The van der Waals surface area contributed by atoms with Gasteiger partial charge in [0.15, 0.2) is 11.5 Å². The molecule has 1 aliphatic carbocycles. The Balaban J connectivity index is 1.40. The van der Waals surface area contributed by atoms with Gasteiger partial charge in [-0.15, -0.1) is 0 Å². The number of fused-ring (bicyclic) bond motifs is 1. The van der Waals surface area contributed by atoms with Crippen molar-refractivity contribution in [1.82, 2.24) is 5.32 Å². The molecule has 2 amide bonds. The van der Waals surface area contributed by atoms with Crippen molar-refractivity contribution in [3.63, 3.8) is 0 Å². The largest absolute Gasteiger partial charge is 0.486 e. The Labute approximate surface area is 163 Å². The summed E-state index contributed by atoms with van der Waals surface area (Å²) in [6.07, 6.45) is 1.73. The lowest BCUT2D eigenvalue weighted by Gasteiger charge is -2.23. The summed E-state index contributed by atoms with van der Waals surface area (Å²) in [6.45, 7) is 3.16. The molecule has 1 heterocycles. The molecule has 0 atom stereocenters. The lowest BCUT2D eigenvalue weighted by molar-refractivity contribution is 0.0526. The first kappa shape index (κ1) is 18.2. The Morgan fingerprint density at radius 2 is 1.75 bits per heavy atom. The fraction of sp³-hybridized carbons (Fsp3) is 0.333. The summed E-state index contributed by atoms with van der Waals surface area (Å²) in [6, 6.07) is 12.1. The molecular weight excluding hydrogens is 360 g/mol. The van der Waals surface area contributed by atoms with Crippen LogP contribution in [-0.2, 0) is 10.3 Å². The molecule has 0 aromatic heterocycles. The minimum absolute atomic E-state index is 0.295. The number of rotatable bonds is 5. The number of urea groups is 1. The van der Waals surface area contributed by atoms with Gasteiger partial charge in [-0.05, 0) is 61.7 Å². The Hall–Kier alpha value is -3.22. The molecule has 0 saturated heterocycles. The summed E-state index contributed by atoms with van der Waals surface area (Å²) in [4.78, 5) is 24.2. The van der Waals surface area contributed by atoms with Crippen molar-refractivity contribution in [3.05, 3.63) is 53.6 Å². The monoisotopic (exact) mass is 382 g/mol. The molecule has 146 valence electrons. The Bertz CT molecular complexity index is 890. The van der Waals surface area contributed by atoms with Crippen LogP contribution in [0.1, 0.15) is 35.7 Å². The van der Waals surface area contributed by atoms with E-state index in [1.54, 1.807) is 31.2 Å². The van der Waals surface area contributed by atoms with Crippen LogP contribution in [0.5, 0.6) is 11.5 Å². The van der Waals surface area contributed by atoms with E-state index < -0.39 is 0 Å². The van der Waals surface area contributed by atoms with Crippen LogP contribution in [0.25, 0.3) is 0 Å². The summed E-state index contributed by atoms with van der Waals surface area (Å²) >= 11 is 0. The van der Waals surface area contributed by atoms with Crippen molar-refractivity contribution in [2.24, 2.45) is 0 Å². The van der Waals surface area contributed by atoms with Crippen LogP contribution in [-0.4, -0.2) is 31.8 Å². The molecule has 0 bridgehead atoms. The third-order valence-electron chi connectivity index (χ3n) is 4.85. The number of anilines is 1. The molecule has 0 radical (unpaired) electrons. The van der Waals surface area contributed by atoms with Gasteiger partial charge < -0.3 is 24.8 Å². The summed E-state index contributed by atoms with van der Waals surface area (Å²) in [5.41, 5.74) is 1.67. The molecule has 0 spiro atoms. The van der Waals surface area contributed by atoms with E-state index in [1.807, 2.05) is 18.2 Å². The molecule has 2 aromatic rings. The molecule has 2 aliphatic rings. The highest BCUT2D eigenvalue weighted by molar-refractivity contribution is 5.92. The van der Waals surface area contributed by atoms with E-state index in [9.17, 15) is 9.59 Å². The van der Waals surface area contributed by atoms with Crippen LogP contribution in [0.3, 0.4) is 0 Å². The van der Waals surface area contributed by atoms with Crippen molar-refractivity contribution in [3.8, 4) is 11.5 Å². The number of carbonyl (C=O) groups is 2. The predicted molar refractivity (Wildman–Crippen MR) is 103 cm³/mol. The van der Waals surface area contributed by atoms with Crippen molar-refractivity contribution in [2.45, 2.75) is 25.3 Å². The van der Waals surface area contributed by atoms with Gasteiger partial charge in [0.25, 0.3) is 0 Å². The van der Waals surface area contributed by atoms with Crippen LogP contribution in [0.2, 0.25) is 0 Å². The number of carbonyl (C=O) groups excluding carboxylic acids is 2. The van der Waals surface area contributed by atoms with Gasteiger partial charge >= 0.3 is 12.0 Å². The lowest BCUT2D eigenvalue weighted by atomic mass is 10.0. The van der Waals surface area contributed by atoms with E-state index in [2.05, 4.69) is 10.6 Å². The van der Waals surface area contributed by atoms with Crippen LogP contribution in [0, 0.1) is 0 Å². The molecule has 0 unspecified atom stereocenters. The Morgan fingerprint density at radius 3 is 2.43 bits per heavy atom. The molecule has 7 heteroatoms. The third kappa shape index (κ3) is 3.74. The second-order valence-electron chi connectivity index (χ2n) is 6.82. The first-order valence-corrected chi connectivity index (χ1v) is 9.36. The van der Waals surface area contributed by atoms with Crippen molar-refractivity contribution < 1.29 is 23.8 Å². The Morgan fingerprint density at radius 1 is 1.04 bits per heavy atom. The molecule has 1 saturated carbocycles. The minimum Gasteiger partial charge on any atom is -0.486 e. The summed E-state index contributed by atoms with van der Waals surface area (Å²) in [5, 5.41) is 5.87. The van der Waals surface area contributed by atoms with E-state index in [0.717, 1.165) is 24.2 Å². The maximum Gasteiger partial charge on any atom is 0.338 e. The number of amides is 2. The van der Waals surface area contributed by atoms with Crippen LogP contribution >= 0.6 is 0 Å². The SMILES string of the molecule is CCOC(=O)c1ccc(NC(=O)NC2(c3ccc4c(c3)OCCO4)CC2)cc1. The van der Waals surface area contributed by atoms with Crippen molar-refractivity contribution >= 4 is 17.7 Å². The van der Waals surface area contributed by atoms with Crippen LogP contribution in [0.4, 0.5) is 10.5 Å². The minimum atomic E-state index is -0.384. The van der Waals surface area contributed by atoms with Gasteiger partial charge in [-0.1, -0.05) is 6.07 Å². The standard InChI is InChI=1S/C21H22N2O5/c1-2-26-19(24)14-3-6-16(7-4-14)22-20(25)23-21(9-10-21)15-5-8-17-18(13-15)28-12-11-27-17/h3-8,13H,2,9-12H2,1H3,(H2,22,23,25). The highest BCUT2D eigenvalue weighted by Crippen LogP contribution is 2.47. The maximum absolute atomic E-state index is 12.5. The summed E-state index contributed by atoms with van der Waals surface area (Å²) in [5.74, 6) is 1.07. The zero-order valence-electron chi connectivity index (χ0n) is 15.6. The first-order valence-electron chi connectivity index (χ1n) is 9.36. The Kier molecular flexibility index (Phi) is 4.81. The predicted octanol–water partition coefficient (Wildman–Crippen LogP) is 3.45. The van der Waals surface area contributed by atoms with Crippen LogP contribution in [0.15, 0.2) is 42.5 Å². The fourth-order valence-electron chi connectivity index (χ4n) is 3.24. The van der Waals surface area contributed by atoms with E-state index >= 15 is 0 Å². The van der Waals surface area contributed by atoms with E-state index in [0.29, 0.717) is 36.8 Å². The molecule has 1 fully saturated rings. The van der Waals surface area contributed by atoms with Gasteiger partial charge in [0.1, 0.15) is 13.2 Å². The number of benzene rings is 2. The summed E-state index contributed by atoms with van der Waals surface area (Å²) < 4.78 is 16.2. The average molecular weight is 382 g/mol. The fourth-order valence-corrected chi connectivity index (χ4v) is 3.24. The van der Waals surface area contributed by atoms with E-state index in [1.165, 1.54) is 0 Å². The summed E-state index contributed by atoms with van der Waals surface area (Å²) in [7, 11) is 0. The number of hydrogen-bond donors (Lipinski definition) is 2. The first-order chi connectivity index (χ1) is 13.6. The molecule has 28 heavy (non-hydrogen) atoms. The van der Waals surface area contributed by atoms with Gasteiger partial charge in [0, 0.05) is 5.69 Å². The maximum atomic E-state index is 12.5. The zero-order chi connectivity index (χ0) is 19.6. The number of ether oxygens (including phenoxy) is 3. The van der Waals surface area contributed by atoms with E-state index in [4.69, 9.17) is 14.2 Å². The molecule has 2 N–H and O–H groups in total. The van der Waals surface area contributed by atoms with Crippen LogP contribution < -0.4 is 20.1 Å². The average Bonchev–Trinajstić information content (AvgIpc) is 3.49. The second-order valence-corrected chi connectivity index (χ2v) is 6.82. The quantitative estimate of drug-likeness (QED) is 0.774. The molecule has 1 aliphatic heterocycles. The van der Waals surface area contributed by atoms with Gasteiger partial charge in [-0.2, -0.15) is 0 Å². The number of esters is 1. The normalized spacial score (nSPS) is 16.0. The van der Waals surface area contributed by atoms with Crippen molar-refractivity contribution in [1.29, 1.82) is 0 Å². The topological polar surface area (TPSA) is 85.9 Å². The van der Waals surface area contributed by atoms with Gasteiger partial charge in [0.05, 0.1) is 17.7 Å². The van der Waals surface area contributed by atoms with Gasteiger partial charge in [0.2, 0.25) is 0 Å². The lowest BCUT2D eigenvalue weighted by Crippen LogP contribution is -2.38. The van der Waals surface area contributed by atoms with E-state index in [-0.39, 0.29) is 17.5 Å². The van der Waals surface area contributed by atoms with Gasteiger partial charge in [-0.25, -0.2) is 9.59 Å². The molecule has 2 aromatic carbocycles. The smallest absolute Gasteiger partial charge is 0.338 e. The van der Waals surface area contributed by atoms with Crippen molar-refractivity contribution in [2.75, 3.05) is 25.1 Å². The van der Waals surface area contributed by atoms with Gasteiger partial charge in [-0.3, -0.25) is 0 Å². The molecule has 7 nitrogen and oxygen atoms in total. The molecular formula is C21H22N2O5.